The van der Waals surface area contributed by atoms with Crippen LogP contribution in [0.15, 0.2) is 24.3 Å². The number of halogens is 1. The molecule has 1 saturated heterocycles. The van der Waals surface area contributed by atoms with Gasteiger partial charge in [-0.2, -0.15) is 0 Å². The van der Waals surface area contributed by atoms with Crippen LogP contribution in [0.3, 0.4) is 0 Å². The molecule has 0 bridgehead atoms. The maximum absolute atomic E-state index is 11.9. The van der Waals surface area contributed by atoms with Gasteiger partial charge in [-0.3, -0.25) is 0 Å². The van der Waals surface area contributed by atoms with E-state index in [0.29, 0.717) is 23.8 Å². The Morgan fingerprint density at radius 1 is 1.43 bits per heavy atom. The summed E-state index contributed by atoms with van der Waals surface area (Å²) in [5.74, 6) is 0. The highest BCUT2D eigenvalue weighted by Crippen LogP contribution is 2.27. The highest BCUT2D eigenvalue weighted by Gasteiger charge is 2.26. The van der Waals surface area contributed by atoms with Crippen molar-refractivity contribution in [3.05, 3.63) is 34.9 Å². The van der Waals surface area contributed by atoms with E-state index in [1.54, 1.807) is 31.2 Å². The van der Waals surface area contributed by atoms with Crippen LogP contribution in [0.5, 0.6) is 0 Å². The number of ether oxygens (including phenoxy) is 1. The lowest BCUT2D eigenvalue weighted by molar-refractivity contribution is 0.0580. The van der Waals surface area contributed by atoms with E-state index in [1.165, 1.54) is 0 Å². The van der Waals surface area contributed by atoms with Crippen LogP contribution < -0.4 is 10.6 Å². The summed E-state index contributed by atoms with van der Waals surface area (Å²) in [6.07, 6.45) is 1.63. The van der Waals surface area contributed by atoms with Crippen LogP contribution in [0.2, 0.25) is 5.02 Å². The molecular weight excluding hydrogens is 292 g/mol. The first kappa shape index (κ1) is 16.1. The predicted octanol–water partition coefficient (Wildman–Crippen LogP) is 2.03. The molecule has 6 heteroatoms. The van der Waals surface area contributed by atoms with Gasteiger partial charge < -0.3 is 20.5 Å². The van der Waals surface area contributed by atoms with Gasteiger partial charge in [0.05, 0.1) is 6.54 Å². The summed E-state index contributed by atoms with van der Waals surface area (Å²) >= 11 is 6.08. The minimum atomic E-state index is -1.22. The number of aliphatic hydroxyl groups is 1. The van der Waals surface area contributed by atoms with Gasteiger partial charge >= 0.3 is 6.03 Å². The number of urea groups is 1. The first-order valence-corrected chi connectivity index (χ1v) is 7.46. The van der Waals surface area contributed by atoms with Gasteiger partial charge in [0.1, 0.15) is 5.60 Å². The van der Waals surface area contributed by atoms with Crippen molar-refractivity contribution in [1.82, 2.24) is 10.6 Å². The van der Waals surface area contributed by atoms with Crippen LogP contribution in [0.1, 0.15) is 25.3 Å². The van der Waals surface area contributed by atoms with Crippen LogP contribution in [-0.2, 0) is 10.3 Å². The fraction of sp³-hybridized carbons (Fsp3) is 0.533. The molecule has 1 fully saturated rings. The third-order valence-electron chi connectivity index (χ3n) is 3.60. The van der Waals surface area contributed by atoms with E-state index in [9.17, 15) is 9.90 Å². The summed E-state index contributed by atoms with van der Waals surface area (Å²) in [6, 6.07) is 6.91. The normalized spacial score (nSPS) is 18.8. The van der Waals surface area contributed by atoms with E-state index < -0.39 is 5.60 Å². The Kier molecular flexibility index (Phi) is 5.45. The Labute approximate surface area is 129 Å². The minimum Gasteiger partial charge on any atom is -0.384 e. The largest absolute Gasteiger partial charge is 0.384 e. The molecule has 5 nitrogen and oxygen atoms in total. The van der Waals surface area contributed by atoms with Gasteiger partial charge in [0.2, 0.25) is 0 Å². The van der Waals surface area contributed by atoms with Crippen molar-refractivity contribution in [3.63, 3.8) is 0 Å². The molecule has 21 heavy (non-hydrogen) atoms. The molecule has 0 unspecified atom stereocenters. The van der Waals surface area contributed by atoms with Crippen LogP contribution in [0, 0.1) is 0 Å². The molecule has 1 aromatic carbocycles. The molecule has 1 aliphatic rings. The average molecular weight is 313 g/mol. The van der Waals surface area contributed by atoms with Crippen molar-refractivity contribution in [2.75, 3.05) is 19.8 Å². The number of carbonyl (C=O) groups excluding carboxylic acids is 1. The summed E-state index contributed by atoms with van der Waals surface area (Å²) in [7, 11) is 0. The standard InChI is InChI=1S/C15H21ClN2O3/c1-15(20,12-4-2-3-5-13(12)16)10-17-14(19)18-11-6-8-21-9-7-11/h2-5,11,20H,6-10H2,1H3,(H2,17,18,19)/t15-/m0/s1. The topological polar surface area (TPSA) is 70.6 Å². The fourth-order valence-corrected chi connectivity index (χ4v) is 2.66. The number of benzene rings is 1. The molecule has 0 radical (unpaired) electrons. The molecule has 1 aromatic rings. The van der Waals surface area contributed by atoms with E-state index in [2.05, 4.69) is 10.6 Å². The quantitative estimate of drug-likeness (QED) is 0.796. The first-order chi connectivity index (χ1) is 9.99. The molecule has 2 rings (SSSR count). The van der Waals surface area contributed by atoms with Gasteiger partial charge in [0.15, 0.2) is 0 Å². The van der Waals surface area contributed by atoms with Gasteiger partial charge in [-0.05, 0) is 25.8 Å². The third-order valence-corrected chi connectivity index (χ3v) is 3.93. The molecule has 0 aromatic heterocycles. The predicted molar refractivity (Wildman–Crippen MR) is 81.4 cm³/mol. The van der Waals surface area contributed by atoms with Gasteiger partial charge in [0.25, 0.3) is 0 Å². The smallest absolute Gasteiger partial charge is 0.315 e. The minimum absolute atomic E-state index is 0.0891. The van der Waals surface area contributed by atoms with Crippen LogP contribution >= 0.6 is 11.6 Å². The zero-order valence-corrected chi connectivity index (χ0v) is 12.8. The number of carbonyl (C=O) groups is 1. The first-order valence-electron chi connectivity index (χ1n) is 7.08. The van der Waals surface area contributed by atoms with Crippen molar-refractivity contribution in [2.45, 2.75) is 31.4 Å². The van der Waals surface area contributed by atoms with Crippen molar-refractivity contribution in [1.29, 1.82) is 0 Å². The van der Waals surface area contributed by atoms with Crippen LogP contribution in [0.25, 0.3) is 0 Å². The van der Waals surface area contributed by atoms with Crippen molar-refractivity contribution in [2.24, 2.45) is 0 Å². The molecule has 1 atom stereocenters. The SMILES string of the molecule is C[C@](O)(CNC(=O)NC1CCOCC1)c1ccccc1Cl. The lowest BCUT2D eigenvalue weighted by Gasteiger charge is -2.27. The Morgan fingerprint density at radius 2 is 2.10 bits per heavy atom. The van der Waals surface area contributed by atoms with Crippen molar-refractivity contribution < 1.29 is 14.6 Å². The summed E-state index contributed by atoms with van der Waals surface area (Å²) in [4.78, 5) is 11.9. The third kappa shape index (κ3) is 4.59. The Balaban J connectivity index is 1.86. The molecule has 2 amide bonds. The van der Waals surface area contributed by atoms with E-state index in [1.807, 2.05) is 0 Å². The van der Waals surface area contributed by atoms with E-state index in [-0.39, 0.29) is 18.6 Å². The van der Waals surface area contributed by atoms with E-state index in [4.69, 9.17) is 16.3 Å². The van der Waals surface area contributed by atoms with Crippen LogP contribution in [-0.4, -0.2) is 36.9 Å². The number of hydrogen-bond acceptors (Lipinski definition) is 3. The van der Waals surface area contributed by atoms with Crippen LogP contribution in [0.4, 0.5) is 4.79 Å². The number of nitrogens with one attached hydrogen (secondary N) is 2. The fourth-order valence-electron chi connectivity index (χ4n) is 2.32. The maximum atomic E-state index is 11.9. The summed E-state index contributed by atoms with van der Waals surface area (Å²) in [5, 5.41) is 16.5. The second-order valence-corrected chi connectivity index (χ2v) is 5.87. The highest BCUT2D eigenvalue weighted by atomic mass is 35.5. The summed E-state index contributed by atoms with van der Waals surface area (Å²) < 4.78 is 5.24. The molecule has 3 N–H and O–H groups in total. The molecule has 1 aliphatic heterocycles. The van der Waals surface area contributed by atoms with Gasteiger partial charge in [-0.25, -0.2) is 4.79 Å². The monoisotopic (exact) mass is 312 g/mol. The Morgan fingerprint density at radius 3 is 2.76 bits per heavy atom. The highest BCUT2D eigenvalue weighted by molar-refractivity contribution is 6.31. The van der Waals surface area contributed by atoms with E-state index in [0.717, 1.165) is 12.8 Å². The van der Waals surface area contributed by atoms with Gasteiger partial charge in [-0.15, -0.1) is 0 Å². The number of rotatable bonds is 4. The molecule has 0 saturated carbocycles. The molecule has 0 spiro atoms. The second-order valence-electron chi connectivity index (χ2n) is 5.47. The van der Waals surface area contributed by atoms with Crippen molar-refractivity contribution >= 4 is 17.6 Å². The van der Waals surface area contributed by atoms with Gasteiger partial charge in [-0.1, -0.05) is 29.8 Å². The zero-order valence-electron chi connectivity index (χ0n) is 12.1. The lowest BCUT2D eigenvalue weighted by atomic mass is 9.96. The Hall–Kier alpha value is -1.30. The number of hydrogen-bond donors (Lipinski definition) is 3. The second kappa shape index (κ2) is 7.11. The molecule has 0 aliphatic carbocycles. The molecular formula is C15H21ClN2O3. The zero-order chi connectivity index (χ0) is 15.3. The van der Waals surface area contributed by atoms with Gasteiger partial charge in [0, 0.05) is 29.8 Å². The Bertz CT molecular complexity index is 488. The van der Waals surface area contributed by atoms with Crippen molar-refractivity contribution in [3.8, 4) is 0 Å². The maximum Gasteiger partial charge on any atom is 0.315 e. The average Bonchev–Trinajstić information content (AvgIpc) is 2.47. The molecule has 116 valence electrons. The summed E-state index contributed by atoms with van der Waals surface area (Å²) in [5.41, 5.74) is -0.622. The number of amides is 2. The van der Waals surface area contributed by atoms with E-state index >= 15 is 0 Å². The molecule has 1 heterocycles. The summed E-state index contributed by atoms with van der Waals surface area (Å²) in [6.45, 7) is 3.05. The lowest BCUT2D eigenvalue weighted by Crippen LogP contribution is -2.48.